The molecule has 1 heterocycles. The lowest BCUT2D eigenvalue weighted by Crippen LogP contribution is -2.27. The van der Waals surface area contributed by atoms with Crippen LogP contribution >= 0.6 is 0 Å². The minimum atomic E-state index is -3.57. The van der Waals surface area contributed by atoms with Crippen LogP contribution in [0.15, 0.2) is 78.0 Å². The van der Waals surface area contributed by atoms with Gasteiger partial charge in [-0.3, -0.25) is 4.98 Å². The van der Waals surface area contributed by atoms with Crippen molar-refractivity contribution in [2.24, 2.45) is 0 Å². The quantitative estimate of drug-likeness (QED) is 0.752. The molecule has 0 unspecified atom stereocenters. The van der Waals surface area contributed by atoms with Gasteiger partial charge in [0, 0.05) is 18.4 Å². The Kier molecular flexibility index (Phi) is 4.97. The van der Waals surface area contributed by atoms with Crippen molar-refractivity contribution < 1.29 is 8.42 Å². The molecule has 3 rings (SSSR count). The molecule has 0 radical (unpaired) electrons. The van der Waals surface area contributed by atoms with Crippen molar-refractivity contribution in [2.45, 2.75) is 24.8 Å². The van der Waals surface area contributed by atoms with E-state index in [4.69, 9.17) is 0 Å². The van der Waals surface area contributed by atoms with Gasteiger partial charge in [-0.2, -0.15) is 0 Å². The van der Waals surface area contributed by atoms with Crippen molar-refractivity contribution in [3.8, 4) is 11.1 Å². The van der Waals surface area contributed by atoms with E-state index in [2.05, 4.69) is 9.71 Å². The molecule has 0 saturated heterocycles. The van der Waals surface area contributed by atoms with Crippen molar-refractivity contribution in [1.82, 2.24) is 9.71 Å². The number of nitrogens with zero attached hydrogens (tertiary/aromatic N) is 1. The number of nitrogens with one attached hydrogen (secondary N) is 1. The number of aromatic nitrogens is 1. The van der Waals surface area contributed by atoms with Gasteiger partial charge in [0.25, 0.3) is 0 Å². The standard InChI is InChI=1S/C20H20N2O2S/c1-15-5-3-8-20(13-15)25(23,24)22-16(2)18-6-4-7-19(14-18)17-9-11-21-12-10-17/h3-14,16,22H,1-2H3/t16-/m0/s1. The molecule has 0 saturated carbocycles. The Morgan fingerprint density at radius 3 is 2.36 bits per heavy atom. The first-order valence-corrected chi connectivity index (χ1v) is 9.53. The average molecular weight is 352 g/mol. The minimum Gasteiger partial charge on any atom is -0.265 e. The summed E-state index contributed by atoms with van der Waals surface area (Å²) in [6.07, 6.45) is 3.48. The number of hydrogen-bond acceptors (Lipinski definition) is 3. The number of pyridine rings is 1. The molecular weight excluding hydrogens is 332 g/mol. The molecule has 0 amide bonds. The maximum Gasteiger partial charge on any atom is 0.241 e. The van der Waals surface area contributed by atoms with Crippen molar-refractivity contribution in [2.75, 3.05) is 0 Å². The van der Waals surface area contributed by atoms with Crippen molar-refractivity contribution in [3.63, 3.8) is 0 Å². The molecule has 0 fully saturated rings. The van der Waals surface area contributed by atoms with E-state index in [1.165, 1.54) is 0 Å². The number of benzene rings is 2. The molecule has 1 aromatic heterocycles. The Balaban J connectivity index is 1.85. The summed E-state index contributed by atoms with van der Waals surface area (Å²) in [5, 5.41) is 0. The fourth-order valence-electron chi connectivity index (χ4n) is 2.68. The zero-order valence-corrected chi connectivity index (χ0v) is 15.0. The van der Waals surface area contributed by atoms with E-state index in [0.717, 1.165) is 22.3 Å². The van der Waals surface area contributed by atoms with Gasteiger partial charge in [-0.1, -0.05) is 30.3 Å². The summed E-state index contributed by atoms with van der Waals surface area (Å²) in [5.41, 5.74) is 3.90. The van der Waals surface area contributed by atoms with Gasteiger partial charge in [0.1, 0.15) is 0 Å². The largest absolute Gasteiger partial charge is 0.265 e. The molecular formula is C20H20N2O2S. The van der Waals surface area contributed by atoms with E-state index in [9.17, 15) is 8.42 Å². The second kappa shape index (κ2) is 7.17. The fourth-order valence-corrected chi connectivity index (χ4v) is 4.02. The molecule has 0 aliphatic heterocycles. The molecule has 0 aliphatic carbocycles. The Hall–Kier alpha value is -2.50. The van der Waals surface area contributed by atoms with E-state index in [1.54, 1.807) is 30.6 Å². The van der Waals surface area contributed by atoms with Crippen molar-refractivity contribution >= 4 is 10.0 Å². The molecule has 1 atom stereocenters. The van der Waals surface area contributed by atoms with E-state index >= 15 is 0 Å². The van der Waals surface area contributed by atoms with Crippen molar-refractivity contribution in [3.05, 3.63) is 84.2 Å². The van der Waals surface area contributed by atoms with Crippen LogP contribution in [0.25, 0.3) is 11.1 Å². The van der Waals surface area contributed by atoms with Crippen LogP contribution in [-0.2, 0) is 10.0 Å². The molecule has 5 heteroatoms. The molecule has 0 bridgehead atoms. The Labute approximate surface area is 148 Å². The van der Waals surface area contributed by atoms with Crippen LogP contribution in [0.3, 0.4) is 0 Å². The average Bonchev–Trinajstić information content (AvgIpc) is 2.62. The van der Waals surface area contributed by atoms with Gasteiger partial charge >= 0.3 is 0 Å². The van der Waals surface area contributed by atoms with Crippen LogP contribution in [0.5, 0.6) is 0 Å². The van der Waals surface area contributed by atoms with E-state index in [-0.39, 0.29) is 10.9 Å². The number of aryl methyl sites for hydroxylation is 1. The Morgan fingerprint density at radius 2 is 1.64 bits per heavy atom. The third-order valence-electron chi connectivity index (χ3n) is 4.03. The number of sulfonamides is 1. The first kappa shape index (κ1) is 17.3. The molecule has 2 aromatic carbocycles. The van der Waals surface area contributed by atoms with Crippen molar-refractivity contribution in [1.29, 1.82) is 0 Å². The van der Waals surface area contributed by atoms with Gasteiger partial charge in [0.2, 0.25) is 10.0 Å². The van der Waals surface area contributed by atoms with Gasteiger partial charge in [-0.15, -0.1) is 0 Å². The molecule has 4 nitrogen and oxygen atoms in total. The highest BCUT2D eigenvalue weighted by atomic mass is 32.2. The lowest BCUT2D eigenvalue weighted by atomic mass is 10.0. The predicted molar refractivity (Wildman–Crippen MR) is 99.6 cm³/mol. The first-order chi connectivity index (χ1) is 12.0. The van der Waals surface area contributed by atoms with Gasteiger partial charge in [-0.05, 0) is 66.4 Å². The normalized spacial score (nSPS) is 12.7. The Morgan fingerprint density at radius 1 is 0.920 bits per heavy atom. The third-order valence-corrected chi connectivity index (χ3v) is 5.57. The third kappa shape index (κ3) is 4.13. The maximum absolute atomic E-state index is 12.6. The van der Waals surface area contributed by atoms with Gasteiger partial charge in [0.05, 0.1) is 4.90 Å². The van der Waals surface area contributed by atoms with Gasteiger partial charge in [-0.25, -0.2) is 13.1 Å². The summed E-state index contributed by atoms with van der Waals surface area (Å²) in [6, 6.07) is 18.3. The molecule has 3 aromatic rings. The van der Waals surface area contributed by atoms with Crippen LogP contribution in [0.1, 0.15) is 24.1 Å². The SMILES string of the molecule is Cc1cccc(S(=O)(=O)N[C@@H](C)c2cccc(-c3ccncc3)c2)c1. The zero-order valence-electron chi connectivity index (χ0n) is 14.2. The van der Waals surface area contributed by atoms with E-state index in [1.807, 2.05) is 56.3 Å². The summed E-state index contributed by atoms with van der Waals surface area (Å²) in [6.45, 7) is 3.72. The van der Waals surface area contributed by atoms with Crippen LogP contribution in [0, 0.1) is 6.92 Å². The number of rotatable bonds is 5. The fraction of sp³-hybridized carbons (Fsp3) is 0.150. The highest BCUT2D eigenvalue weighted by molar-refractivity contribution is 7.89. The maximum atomic E-state index is 12.6. The summed E-state index contributed by atoms with van der Waals surface area (Å²) in [4.78, 5) is 4.31. The molecule has 0 aliphatic rings. The topological polar surface area (TPSA) is 59.1 Å². The lowest BCUT2D eigenvalue weighted by Gasteiger charge is -2.16. The summed E-state index contributed by atoms with van der Waals surface area (Å²) in [5.74, 6) is 0. The van der Waals surface area contributed by atoms with Crippen LogP contribution in [0.4, 0.5) is 0 Å². The zero-order chi connectivity index (χ0) is 17.9. The van der Waals surface area contributed by atoms with Crippen LogP contribution < -0.4 is 4.72 Å². The summed E-state index contributed by atoms with van der Waals surface area (Å²) >= 11 is 0. The monoisotopic (exact) mass is 352 g/mol. The molecule has 128 valence electrons. The number of hydrogen-bond donors (Lipinski definition) is 1. The minimum absolute atomic E-state index is 0.282. The van der Waals surface area contributed by atoms with E-state index in [0.29, 0.717) is 0 Å². The van der Waals surface area contributed by atoms with Crippen LogP contribution in [-0.4, -0.2) is 13.4 Å². The lowest BCUT2D eigenvalue weighted by molar-refractivity contribution is 0.567. The molecule has 0 spiro atoms. The van der Waals surface area contributed by atoms with Gasteiger partial charge in [0.15, 0.2) is 0 Å². The van der Waals surface area contributed by atoms with E-state index < -0.39 is 10.0 Å². The highest BCUT2D eigenvalue weighted by Crippen LogP contribution is 2.24. The molecule has 1 N–H and O–H groups in total. The smallest absolute Gasteiger partial charge is 0.241 e. The highest BCUT2D eigenvalue weighted by Gasteiger charge is 2.18. The predicted octanol–water partition coefficient (Wildman–Crippen LogP) is 4.10. The van der Waals surface area contributed by atoms with Gasteiger partial charge < -0.3 is 0 Å². The van der Waals surface area contributed by atoms with Crippen LogP contribution in [0.2, 0.25) is 0 Å². The second-order valence-corrected chi connectivity index (χ2v) is 7.73. The summed E-state index contributed by atoms with van der Waals surface area (Å²) in [7, 11) is -3.57. The Bertz CT molecular complexity index is 970. The first-order valence-electron chi connectivity index (χ1n) is 8.05. The second-order valence-electron chi connectivity index (χ2n) is 6.02. The molecule has 25 heavy (non-hydrogen) atoms. The summed E-state index contributed by atoms with van der Waals surface area (Å²) < 4.78 is 28.0.